The lowest BCUT2D eigenvalue weighted by Crippen LogP contribution is -2.20. The molecule has 0 fully saturated rings. The fourth-order valence-electron chi connectivity index (χ4n) is 2.43. The average molecular weight is 395 g/mol. The van der Waals surface area contributed by atoms with Crippen molar-refractivity contribution in [1.82, 2.24) is 4.98 Å². The first kappa shape index (κ1) is 21.4. The molecule has 1 unspecified atom stereocenters. The van der Waals surface area contributed by atoms with Crippen LogP contribution in [-0.2, 0) is 11.0 Å². The van der Waals surface area contributed by atoms with Crippen LogP contribution < -0.4 is 10.6 Å². The summed E-state index contributed by atoms with van der Waals surface area (Å²) >= 11 is 0. The van der Waals surface area contributed by atoms with Crippen molar-refractivity contribution in [2.45, 2.75) is 32.9 Å². The summed E-state index contributed by atoms with van der Waals surface area (Å²) in [6.07, 6.45) is -0.717. The number of alkyl halides is 3. The second-order valence-corrected chi connectivity index (χ2v) is 6.30. The average Bonchev–Trinajstić information content (AvgIpc) is 2.66. The predicted octanol–water partition coefficient (Wildman–Crippen LogP) is 5.61. The van der Waals surface area contributed by atoms with Crippen LogP contribution in [0.2, 0.25) is 0 Å². The third-order valence-electron chi connectivity index (χ3n) is 4.11. The van der Waals surface area contributed by atoms with Gasteiger partial charge in [-0.2, -0.15) is 13.2 Å². The maximum atomic E-state index is 12.9. The van der Waals surface area contributed by atoms with E-state index in [0.29, 0.717) is 24.2 Å². The van der Waals surface area contributed by atoms with Crippen LogP contribution in [0, 0.1) is 11.7 Å². The van der Waals surface area contributed by atoms with Crippen molar-refractivity contribution in [2.24, 2.45) is 5.92 Å². The molecule has 1 amide bonds. The van der Waals surface area contributed by atoms with E-state index in [-0.39, 0.29) is 23.3 Å². The maximum absolute atomic E-state index is 12.9. The highest BCUT2D eigenvalue weighted by Crippen LogP contribution is 2.29. The summed E-state index contributed by atoms with van der Waals surface area (Å²) in [5, 5.41) is 5.64. The Labute approximate surface area is 160 Å². The van der Waals surface area contributed by atoms with Crippen molar-refractivity contribution in [3.05, 3.63) is 65.9 Å². The van der Waals surface area contributed by atoms with Gasteiger partial charge in [0.15, 0.2) is 0 Å². The number of carbonyl (C=O) groups is 1. The van der Waals surface area contributed by atoms with Crippen molar-refractivity contribution in [1.29, 1.82) is 0 Å². The van der Waals surface area contributed by atoms with E-state index in [1.165, 1.54) is 30.3 Å². The molecule has 1 aromatic heterocycles. The zero-order valence-electron chi connectivity index (χ0n) is 15.5. The van der Waals surface area contributed by atoms with E-state index < -0.39 is 11.9 Å². The number of amides is 1. The number of rotatable bonds is 7. The van der Waals surface area contributed by atoms with Gasteiger partial charge in [0.25, 0.3) is 0 Å². The van der Waals surface area contributed by atoms with E-state index in [1.807, 2.05) is 0 Å². The Morgan fingerprint density at radius 2 is 1.82 bits per heavy atom. The van der Waals surface area contributed by atoms with Crippen LogP contribution >= 0.6 is 0 Å². The van der Waals surface area contributed by atoms with Gasteiger partial charge in [0, 0.05) is 29.2 Å². The van der Waals surface area contributed by atoms with Gasteiger partial charge in [-0.05, 0) is 56.2 Å². The zero-order valence-corrected chi connectivity index (χ0v) is 15.5. The van der Waals surface area contributed by atoms with Gasteiger partial charge in [0.1, 0.15) is 11.5 Å². The summed E-state index contributed by atoms with van der Waals surface area (Å²) in [4.78, 5) is 15.6. The molecule has 2 aromatic rings. The van der Waals surface area contributed by atoms with Crippen LogP contribution in [0.4, 0.5) is 28.9 Å². The molecule has 8 heteroatoms. The first-order valence-electron chi connectivity index (χ1n) is 8.71. The van der Waals surface area contributed by atoms with Gasteiger partial charge < -0.3 is 10.6 Å². The molecule has 0 bridgehead atoms. The Bertz CT molecular complexity index is 832. The number of nitrogens with zero attached hydrogens (tertiary/aromatic N) is 1. The number of nitrogens with one attached hydrogen (secondary N) is 2. The fourth-order valence-corrected chi connectivity index (χ4v) is 2.43. The molecule has 0 saturated carbocycles. The van der Waals surface area contributed by atoms with E-state index in [0.717, 1.165) is 12.3 Å². The molecule has 0 saturated heterocycles. The number of benzene rings is 1. The highest BCUT2D eigenvalue weighted by Gasteiger charge is 2.32. The van der Waals surface area contributed by atoms with Gasteiger partial charge in [-0.1, -0.05) is 13.0 Å². The molecule has 0 aliphatic carbocycles. The van der Waals surface area contributed by atoms with Crippen LogP contribution in [0.15, 0.2) is 54.4 Å². The number of anilines is 2. The molecule has 1 aromatic carbocycles. The van der Waals surface area contributed by atoms with Crippen molar-refractivity contribution in [3.8, 4) is 0 Å². The van der Waals surface area contributed by atoms with Gasteiger partial charge in [0.2, 0.25) is 5.91 Å². The molecular formula is C20H21F4N3O. The molecular weight excluding hydrogens is 374 g/mol. The zero-order chi connectivity index (χ0) is 20.7. The van der Waals surface area contributed by atoms with E-state index in [2.05, 4.69) is 15.6 Å². The standard InChI is InChI=1S/C20H21F4N3O/c1-3-15(26-17-10-11-25-18(12-17)20(22,23)24)7-4-13(2)19(28)27-16-8-5-14(21)6-9-16/h3,5-6,8-13H,4,7H2,1-2H3,(H,25,26)(H,27,28)/b15-3+. The first-order chi connectivity index (χ1) is 13.2. The molecule has 0 aliphatic rings. The lowest BCUT2D eigenvalue weighted by molar-refractivity contribution is -0.141. The first-order valence-corrected chi connectivity index (χ1v) is 8.71. The van der Waals surface area contributed by atoms with Crippen molar-refractivity contribution >= 4 is 17.3 Å². The molecule has 0 aliphatic heterocycles. The Morgan fingerprint density at radius 1 is 1.14 bits per heavy atom. The molecule has 150 valence electrons. The quantitative estimate of drug-likeness (QED) is 0.599. The summed E-state index contributed by atoms with van der Waals surface area (Å²) < 4.78 is 51.2. The van der Waals surface area contributed by atoms with E-state index >= 15 is 0 Å². The second kappa shape index (κ2) is 9.34. The van der Waals surface area contributed by atoms with Crippen LogP contribution in [-0.4, -0.2) is 10.9 Å². The molecule has 0 radical (unpaired) electrons. The molecule has 0 spiro atoms. The topological polar surface area (TPSA) is 54.0 Å². The second-order valence-electron chi connectivity index (χ2n) is 6.30. The SMILES string of the molecule is C/C=C(\CCC(C)C(=O)Nc1ccc(F)cc1)Nc1ccnc(C(F)(F)F)c1. The Balaban J connectivity index is 1.91. The minimum atomic E-state index is -4.51. The van der Waals surface area contributed by atoms with Crippen LogP contribution in [0.25, 0.3) is 0 Å². The minimum Gasteiger partial charge on any atom is -0.359 e. The maximum Gasteiger partial charge on any atom is 0.433 e. The van der Waals surface area contributed by atoms with Gasteiger partial charge in [-0.3, -0.25) is 9.78 Å². The van der Waals surface area contributed by atoms with E-state index in [9.17, 15) is 22.4 Å². The van der Waals surface area contributed by atoms with Gasteiger partial charge >= 0.3 is 6.18 Å². The summed E-state index contributed by atoms with van der Waals surface area (Å²) in [5.74, 6) is -0.949. The van der Waals surface area contributed by atoms with Gasteiger partial charge in [0.05, 0.1) is 0 Å². The van der Waals surface area contributed by atoms with E-state index in [4.69, 9.17) is 0 Å². The number of allylic oxidation sites excluding steroid dienone is 2. The number of carbonyl (C=O) groups excluding carboxylic acids is 1. The van der Waals surface area contributed by atoms with E-state index in [1.54, 1.807) is 19.9 Å². The predicted molar refractivity (Wildman–Crippen MR) is 100 cm³/mol. The van der Waals surface area contributed by atoms with Gasteiger partial charge in [-0.15, -0.1) is 0 Å². The summed E-state index contributed by atoms with van der Waals surface area (Å²) in [6, 6.07) is 7.84. The largest absolute Gasteiger partial charge is 0.433 e. The lowest BCUT2D eigenvalue weighted by atomic mass is 10.0. The van der Waals surface area contributed by atoms with Crippen LogP contribution in [0.5, 0.6) is 0 Å². The number of pyridine rings is 1. The highest BCUT2D eigenvalue weighted by molar-refractivity contribution is 5.92. The minimum absolute atomic E-state index is 0.217. The third-order valence-corrected chi connectivity index (χ3v) is 4.11. The summed E-state index contributed by atoms with van der Waals surface area (Å²) in [5.41, 5.74) is 0.499. The number of hydrogen-bond donors (Lipinski definition) is 2. The Hall–Kier alpha value is -2.90. The number of aromatic nitrogens is 1. The number of hydrogen-bond acceptors (Lipinski definition) is 3. The fraction of sp³-hybridized carbons (Fsp3) is 0.300. The Kier molecular flexibility index (Phi) is 7.14. The van der Waals surface area contributed by atoms with Gasteiger partial charge in [-0.25, -0.2) is 4.39 Å². The molecule has 1 heterocycles. The van der Waals surface area contributed by atoms with Crippen LogP contribution in [0.1, 0.15) is 32.4 Å². The summed E-state index contributed by atoms with van der Waals surface area (Å²) in [7, 11) is 0. The molecule has 4 nitrogen and oxygen atoms in total. The van der Waals surface area contributed by atoms with Crippen molar-refractivity contribution in [3.63, 3.8) is 0 Å². The monoisotopic (exact) mass is 395 g/mol. The molecule has 2 rings (SSSR count). The van der Waals surface area contributed by atoms with Crippen LogP contribution in [0.3, 0.4) is 0 Å². The Morgan fingerprint density at radius 3 is 2.43 bits per heavy atom. The number of halogens is 4. The third kappa shape index (κ3) is 6.37. The molecule has 2 N–H and O–H groups in total. The van der Waals surface area contributed by atoms with Crippen molar-refractivity contribution < 1.29 is 22.4 Å². The highest BCUT2D eigenvalue weighted by atomic mass is 19.4. The van der Waals surface area contributed by atoms with Crippen molar-refractivity contribution in [2.75, 3.05) is 10.6 Å². The smallest absolute Gasteiger partial charge is 0.359 e. The normalized spacial score (nSPS) is 13.1. The summed E-state index contributed by atoms with van der Waals surface area (Å²) in [6.45, 7) is 3.51. The lowest BCUT2D eigenvalue weighted by Gasteiger charge is -2.15. The molecule has 28 heavy (non-hydrogen) atoms. The molecule has 1 atom stereocenters.